The first-order valence-corrected chi connectivity index (χ1v) is 6.29. The second-order valence-corrected chi connectivity index (χ2v) is 4.25. The molecular formula is C13H16N4O3. The van der Waals surface area contributed by atoms with Crippen molar-refractivity contribution < 1.29 is 14.0 Å². The van der Waals surface area contributed by atoms with E-state index in [0.717, 1.165) is 6.42 Å². The van der Waals surface area contributed by atoms with Crippen LogP contribution in [0.3, 0.4) is 0 Å². The number of aromatic nitrogens is 2. The van der Waals surface area contributed by atoms with Gasteiger partial charge in [0, 0.05) is 6.54 Å². The number of aldehydes is 1. The third-order valence-corrected chi connectivity index (χ3v) is 2.77. The van der Waals surface area contributed by atoms with Crippen LogP contribution in [0.4, 0.5) is 5.82 Å². The molecule has 2 rings (SSSR count). The number of hydrogen-bond acceptors (Lipinski definition) is 5. The summed E-state index contributed by atoms with van der Waals surface area (Å²) >= 11 is 0. The fourth-order valence-corrected chi connectivity index (χ4v) is 1.78. The van der Waals surface area contributed by atoms with Gasteiger partial charge in [-0.3, -0.25) is 9.59 Å². The summed E-state index contributed by atoms with van der Waals surface area (Å²) in [6, 6.07) is 3.36. The fourth-order valence-electron chi connectivity index (χ4n) is 1.78. The van der Waals surface area contributed by atoms with E-state index in [1.165, 1.54) is 10.9 Å². The number of nitrogens with zero attached hydrogens (tertiary/aromatic N) is 2. The van der Waals surface area contributed by atoms with Gasteiger partial charge in [0.25, 0.3) is 0 Å². The van der Waals surface area contributed by atoms with Crippen molar-refractivity contribution in [1.29, 1.82) is 0 Å². The van der Waals surface area contributed by atoms with E-state index >= 15 is 0 Å². The molecule has 2 aromatic heterocycles. The van der Waals surface area contributed by atoms with Crippen LogP contribution in [-0.2, 0) is 11.3 Å². The molecule has 0 saturated heterocycles. The van der Waals surface area contributed by atoms with Crippen LogP contribution < -0.4 is 11.1 Å². The standard InChI is InChI=1S/C13H16N4O3/c1-2-5-15-11(19)7-17-13(14)9(8-18)12(16-17)10-4-3-6-20-10/h3-4,6,8H,2,5,7,14H2,1H3,(H,15,19). The van der Waals surface area contributed by atoms with Gasteiger partial charge in [-0.15, -0.1) is 0 Å². The number of furan rings is 1. The van der Waals surface area contributed by atoms with Crippen LogP contribution in [0.5, 0.6) is 0 Å². The molecule has 20 heavy (non-hydrogen) atoms. The lowest BCUT2D eigenvalue weighted by molar-refractivity contribution is -0.121. The Morgan fingerprint density at radius 2 is 2.40 bits per heavy atom. The first kappa shape index (κ1) is 13.9. The van der Waals surface area contributed by atoms with Gasteiger partial charge in [0.05, 0.1) is 11.8 Å². The fraction of sp³-hybridized carbons (Fsp3) is 0.308. The second-order valence-electron chi connectivity index (χ2n) is 4.25. The quantitative estimate of drug-likeness (QED) is 0.768. The summed E-state index contributed by atoms with van der Waals surface area (Å²) in [5, 5.41) is 6.90. The number of carbonyl (C=O) groups excluding carboxylic acids is 2. The lowest BCUT2D eigenvalue weighted by Gasteiger charge is -2.04. The summed E-state index contributed by atoms with van der Waals surface area (Å²) in [6.45, 7) is 2.51. The van der Waals surface area contributed by atoms with E-state index in [9.17, 15) is 9.59 Å². The topological polar surface area (TPSA) is 103 Å². The molecule has 0 aromatic carbocycles. The van der Waals surface area contributed by atoms with Gasteiger partial charge in [0.2, 0.25) is 5.91 Å². The largest absolute Gasteiger partial charge is 0.463 e. The Bertz CT molecular complexity index is 601. The maximum Gasteiger partial charge on any atom is 0.241 e. The monoisotopic (exact) mass is 276 g/mol. The highest BCUT2D eigenvalue weighted by molar-refractivity contribution is 5.91. The van der Waals surface area contributed by atoms with E-state index in [0.29, 0.717) is 24.3 Å². The van der Waals surface area contributed by atoms with E-state index < -0.39 is 0 Å². The van der Waals surface area contributed by atoms with E-state index in [1.807, 2.05) is 6.92 Å². The van der Waals surface area contributed by atoms with Crippen LogP contribution in [-0.4, -0.2) is 28.5 Å². The molecule has 0 aliphatic carbocycles. The minimum atomic E-state index is -0.204. The Balaban J connectivity index is 2.27. The van der Waals surface area contributed by atoms with E-state index in [2.05, 4.69) is 10.4 Å². The average Bonchev–Trinajstić information content (AvgIpc) is 3.05. The highest BCUT2D eigenvalue weighted by Gasteiger charge is 2.19. The highest BCUT2D eigenvalue weighted by atomic mass is 16.3. The van der Waals surface area contributed by atoms with E-state index in [-0.39, 0.29) is 23.8 Å². The molecule has 0 fully saturated rings. The van der Waals surface area contributed by atoms with E-state index in [4.69, 9.17) is 10.2 Å². The van der Waals surface area contributed by atoms with E-state index in [1.54, 1.807) is 12.1 Å². The lowest BCUT2D eigenvalue weighted by atomic mass is 10.2. The van der Waals surface area contributed by atoms with Gasteiger partial charge in [-0.05, 0) is 18.6 Å². The highest BCUT2D eigenvalue weighted by Crippen LogP contribution is 2.25. The summed E-state index contributed by atoms with van der Waals surface area (Å²) in [4.78, 5) is 22.8. The Hall–Kier alpha value is -2.57. The van der Waals surface area contributed by atoms with Crippen LogP contribution in [0.25, 0.3) is 11.5 Å². The molecule has 1 amide bonds. The zero-order chi connectivity index (χ0) is 14.5. The van der Waals surface area contributed by atoms with Crippen LogP contribution in [0.1, 0.15) is 23.7 Å². The number of nitrogen functional groups attached to an aromatic ring is 1. The maximum atomic E-state index is 11.7. The molecule has 3 N–H and O–H groups in total. The summed E-state index contributed by atoms with van der Waals surface area (Å²) in [5.41, 5.74) is 6.41. The SMILES string of the molecule is CCCNC(=O)Cn1nc(-c2ccco2)c(C=O)c1N. The average molecular weight is 276 g/mol. The first-order valence-electron chi connectivity index (χ1n) is 6.29. The number of rotatable bonds is 6. The Morgan fingerprint density at radius 3 is 3.00 bits per heavy atom. The number of nitrogens with two attached hydrogens (primary N) is 1. The molecule has 0 atom stereocenters. The number of carbonyl (C=O) groups is 2. The molecule has 0 aliphatic heterocycles. The van der Waals surface area contributed by atoms with Crippen LogP contribution in [0, 0.1) is 0 Å². The zero-order valence-electron chi connectivity index (χ0n) is 11.1. The maximum absolute atomic E-state index is 11.7. The van der Waals surface area contributed by atoms with Gasteiger partial charge in [0.15, 0.2) is 12.0 Å². The van der Waals surface area contributed by atoms with Gasteiger partial charge < -0.3 is 15.5 Å². The molecule has 106 valence electrons. The van der Waals surface area contributed by atoms with Crippen LogP contribution in [0.2, 0.25) is 0 Å². The van der Waals surface area contributed by atoms with Crippen LogP contribution in [0.15, 0.2) is 22.8 Å². The van der Waals surface area contributed by atoms with Crippen LogP contribution >= 0.6 is 0 Å². The Labute approximate surface area is 115 Å². The predicted molar refractivity (Wildman–Crippen MR) is 73.0 cm³/mol. The van der Waals surface area contributed by atoms with Gasteiger partial charge in [-0.1, -0.05) is 6.92 Å². The molecule has 0 aliphatic rings. The van der Waals surface area contributed by atoms with Crippen molar-refractivity contribution in [1.82, 2.24) is 15.1 Å². The molecule has 0 saturated carbocycles. The molecule has 0 unspecified atom stereocenters. The lowest BCUT2D eigenvalue weighted by Crippen LogP contribution is -2.29. The van der Waals surface area contributed by atoms with Crippen molar-refractivity contribution >= 4 is 18.0 Å². The summed E-state index contributed by atoms with van der Waals surface area (Å²) in [7, 11) is 0. The van der Waals surface area contributed by atoms with Crippen molar-refractivity contribution in [2.24, 2.45) is 0 Å². The number of hydrogen-bond donors (Lipinski definition) is 2. The van der Waals surface area contributed by atoms with Gasteiger partial charge in [-0.2, -0.15) is 5.10 Å². The van der Waals surface area contributed by atoms with Gasteiger partial charge in [-0.25, -0.2) is 4.68 Å². The molecular weight excluding hydrogens is 260 g/mol. The van der Waals surface area contributed by atoms with Crippen molar-refractivity contribution in [3.63, 3.8) is 0 Å². The Morgan fingerprint density at radius 1 is 1.60 bits per heavy atom. The minimum Gasteiger partial charge on any atom is -0.463 e. The van der Waals surface area contributed by atoms with Crippen molar-refractivity contribution in [3.8, 4) is 11.5 Å². The molecule has 2 heterocycles. The number of amides is 1. The molecule has 7 heteroatoms. The first-order chi connectivity index (χ1) is 9.67. The normalized spacial score (nSPS) is 10.4. The number of nitrogens with one attached hydrogen (secondary N) is 1. The minimum absolute atomic E-state index is 0.0343. The molecule has 7 nitrogen and oxygen atoms in total. The van der Waals surface area contributed by atoms with Crippen molar-refractivity contribution in [2.45, 2.75) is 19.9 Å². The smallest absolute Gasteiger partial charge is 0.241 e. The third-order valence-electron chi connectivity index (χ3n) is 2.77. The predicted octanol–water partition coefficient (Wildman–Crippen LogP) is 1.06. The van der Waals surface area contributed by atoms with Gasteiger partial charge >= 0.3 is 0 Å². The second kappa shape index (κ2) is 6.05. The summed E-state index contributed by atoms with van der Waals surface area (Å²) in [5.74, 6) is 0.383. The van der Waals surface area contributed by atoms with Gasteiger partial charge in [0.1, 0.15) is 18.1 Å². The zero-order valence-corrected chi connectivity index (χ0v) is 11.1. The summed E-state index contributed by atoms with van der Waals surface area (Å²) in [6.07, 6.45) is 2.94. The van der Waals surface area contributed by atoms with Crippen molar-refractivity contribution in [2.75, 3.05) is 12.3 Å². The Kier molecular flexibility index (Phi) is 4.19. The molecule has 2 aromatic rings. The third kappa shape index (κ3) is 2.71. The molecule has 0 radical (unpaired) electrons. The summed E-state index contributed by atoms with van der Waals surface area (Å²) < 4.78 is 6.51. The number of anilines is 1. The molecule has 0 spiro atoms. The van der Waals surface area contributed by atoms with Crippen molar-refractivity contribution in [3.05, 3.63) is 24.0 Å². The molecule has 0 bridgehead atoms.